The number of halogens is 4. The lowest BCUT2D eigenvalue weighted by atomic mass is 10.0. The van der Waals surface area contributed by atoms with Crippen molar-refractivity contribution in [1.29, 1.82) is 0 Å². The van der Waals surface area contributed by atoms with Crippen molar-refractivity contribution in [2.45, 2.75) is 51.0 Å². The standard InChI is InChI=1S/C20H25IO.CHF3O3S/c1-2-3-4-5-6-11-16-22-20-15-10-8-13-18(20)17-12-7-9-14-19(17)21;2-1(3,4)8(5,6)7/h7-10,12-15H,2-6,11,16H2,1H3;(H,5,6,7). The van der Waals surface area contributed by atoms with Crippen molar-refractivity contribution in [3.05, 3.63) is 52.1 Å². The molecule has 0 saturated heterocycles. The molecule has 0 aliphatic heterocycles. The summed E-state index contributed by atoms with van der Waals surface area (Å²) in [6, 6.07) is 16.8. The molecule has 4 nitrogen and oxygen atoms in total. The molecule has 0 radical (unpaired) electrons. The molecule has 0 saturated carbocycles. The van der Waals surface area contributed by atoms with Gasteiger partial charge < -0.3 is 4.74 Å². The number of rotatable bonds is 9. The summed E-state index contributed by atoms with van der Waals surface area (Å²) in [7, 11) is -5.84. The Kier molecular flexibility index (Phi) is 11.7. The molecule has 168 valence electrons. The summed E-state index contributed by atoms with van der Waals surface area (Å²) < 4.78 is 64.9. The van der Waals surface area contributed by atoms with E-state index in [-0.39, 0.29) is 0 Å². The summed E-state index contributed by atoms with van der Waals surface area (Å²) in [4.78, 5) is 0. The van der Waals surface area contributed by atoms with E-state index < -0.39 is 15.6 Å². The third-order valence-electron chi connectivity index (χ3n) is 4.10. The molecule has 0 fully saturated rings. The van der Waals surface area contributed by atoms with Gasteiger partial charge in [-0.25, -0.2) is 0 Å². The fourth-order valence-electron chi connectivity index (χ4n) is 2.56. The van der Waals surface area contributed by atoms with E-state index in [2.05, 4.69) is 78.0 Å². The lowest BCUT2D eigenvalue weighted by Gasteiger charge is -2.12. The topological polar surface area (TPSA) is 63.6 Å². The predicted molar refractivity (Wildman–Crippen MR) is 121 cm³/mol. The van der Waals surface area contributed by atoms with E-state index in [0.29, 0.717) is 0 Å². The minimum atomic E-state index is -5.84. The summed E-state index contributed by atoms with van der Waals surface area (Å²) in [6.45, 7) is 3.07. The van der Waals surface area contributed by atoms with Crippen LogP contribution in [0.3, 0.4) is 0 Å². The third-order valence-corrected chi connectivity index (χ3v) is 5.62. The van der Waals surface area contributed by atoms with Crippen molar-refractivity contribution in [2.24, 2.45) is 0 Å². The Labute approximate surface area is 189 Å². The molecule has 0 spiro atoms. The summed E-state index contributed by atoms with van der Waals surface area (Å²) in [6.07, 6.45) is 7.76. The van der Waals surface area contributed by atoms with Crippen LogP contribution in [0.15, 0.2) is 48.5 Å². The van der Waals surface area contributed by atoms with E-state index in [1.165, 1.54) is 46.8 Å². The molecule has 2 aromatic rings. The Bertz CT molecular complexity index is 871. The van der Waals surface area contributed by atoms with Gasteiger partial charge in [-0.2, -0.15) is 21.6 Å². The van der Waals surface area contributed by atoms with Gasteiger partial charge in [0.15, 0.2) is 0 Å². The van der Waals surface area contributed by atoms with Gasteiger partial charge in [0.2, 0.25) is 0 Å². The second kappa shape index (κ2) is 13.2. The number of unbranched alkanes of at least 4 members (excludes halogenated alkanes) is 5. The van der Waals surface area contributed by atoms with Crippen LogP contribution in [0.2, 0.25) is 0 Å². The van der Waals surface area contributed by atoms with Crippen LogP contribution >= 0.6 is 22.6 Å². The Morgan fingerprint density at radius 1 is 0.900 bits per heavy atom. The minimum Gasteiger partial charge on any atom is -0.493 e. The first-order chi connectivity index (χ1) is 14.1. The molecule has 0 amide bonds. The molecule has 2 aromatic carbocycles. The molecule has 0 aromatic heterocycles. The fourth-order valence-corrected chi connectivity index (χ4v) is 3.24. The Morgan fingerprint density at radius 3 is 1.97 bits per heavy atom. The van der Waals surface area contributed by atoms with Crippen LogP contribution in [0, 0.1) is 3.57 Å². The third kappa shape index (κ3) is 9.65. The molecule has 0 aliphatic rings. The summed E-state index contributed by atoms with van der Waals surface area (Å²) >= 11 is 2.39. The van der Waals surface area contributed by atoms with E-state index in [1.807, 2.05) is 0 Å². The van der Waals surface area contributed by atoms with Crippen LogP contribution in [-0.2, 0) is 10.1 Å². The summed E-state index contributed by atoms with van der Waals surface area (Å²) in [5, 5.41) is 0. The molecule has 9 heteroatoms. The smallest absolute Gasteiger partial charge is 0.493 e. The molecule has 30 heavy (non-hydrogen) atoms. The van der Waals surface area contributed by atoms with Gasteiger partial charge in [-0.3, -0.25) is 4.55 Å². The number of hydrogen-bond donors (Lipinski definition) is 1. The molecule has 2 rings (SSSR count). The van der Waals surface area contributed by atoms with E-state index in [9.17, 15) is 13.2 Å². The van der Waals surface area contributed by atoms with Crippen molar-refractivity contribution in [3.8, 4) is 16.9 Å². The number of hydrogen-bond acceptors (Lipinski definition) is 3. The average molecular weight is 558 g/mol. The second-order valence-corrected chi connectivity index (χ2v) is 9.09. The molecule has 0 aliphatic carbocycles. The maximum Gasteiger partial charge on any atom is 0.522 e. The van der Waals surface area contributed by atoms with Crippen molar-refractivity contribution >= 4 is 32.7 Å². The van der Waals surface area contributed by atoms with Gasteiger partial charge >= 0.3 is 15.6 Å². The van der Waals surface area contributed by atoms with Crippen LogP contribution in [-0.4, -0.2) is 25.1 Å². The number of ether oxygens (including phenoxy) is 1. The number of para-hydroxylation sites is 1. The van der Waals surface area contributed by atoms with Crippen LogP contribution in [0.4, 0.5) is 13.2 Å². The van der Waals surface area contributed by atoms with Gasteiger partial charge in [0, 0.05) is 9.13 Å². The zero-order chi connectivity index (χ0) is 22.6. The van der Waals surface area contributed by atoms with Crippen molar-refractivity contribution in [3.63, 3.8) is 0 Å². The highest BCUT2D eigenvalue weighted by molar-refractivity contribution is 14.1. The van der Waals surface area contributed by atoms with Gasteiger partial charge in [0.1, 0.15) is 5.75 Å². The monoisotopic (exact) mass is 558 g/mol. The molecule has 0 atom stereocenters. The van der Waals surface area contributed by atoms with Gasteiger partial charge in [-0.1, -0.05) is 75.4 Å². The predicted octanol–water partition coefficient (Wildman–Crippen LogP) is 7.09. The highest BCUT2D eigenvalue weighted by atomic mass is 127. The molecular weight excluding hydrogens is 532 g/mol. The first kappa shape index (κ1) is 26.7. The Morgan fingerprint density at radius 2 is 1.40 bits per heavy atom. The summed E-state index contributed by atoms with van der Waals surface area (Å²) in [5.74, 6) is 1.00. The molecule has 0 heterocycles. The van der Waals surface area contributed by atoms with Crippen LogP contribution in [0.1, 0.15) is 45.4 Å². The molecule has 0 bridgehead atoms. The van der Waals surface area contributed by atoms with Gasteiger partial charge in [-0.05, 0) is 46.7 Å². The second-order valence-electron chi connectivity index (χ2n) is 6.51. The first-order valence-corrected chi connectivity index (χ1v) is 12.1. The maximum absolute atomic E-state index is 10.7. The lowest BCUT2D eigenvalue weighted by Crippen LogP contribution is -2.21. The van der Waals surface area contributed by atoms with Crippen molar-refractivity contribution < 1.29 is 30.9 Å². The molecule has 0 unspecified atom stereocenters. The van der Waals surface area contributed by atoms with Crippen LogP contribution in [0.25, 0.3) is 11.1 Å². The van der Waals surface area contributed by atoms with Gasteiger partial charge in [-0.15, -0.1) is 0 Å². The zero-order valence-electron chi connectivity index (χ0n) is 16.7. The Balaban J connectivity index is 0.000000479. The van der Waals surface area contributed by atoms with E-state index in [4.69, 9.17) is 17.7 Å². The largest absolute Gasteiger partial charge is 0.522 e. The van der Waals surface area contributed by atoms with E-state index in [1.54, 1.807) is 0 Å². The average Bonchev–Trinajstić information content (AvgIpc) is 2.67. The quantitative estimate of drug-likeness (QED) is 0.155. The first-order valence-electron chi connectivity index (χ1n) is 9.58. The summed E-state index contributed by atoms with van der Waals surface area (Å²) in [5.41, 5.74) is -3.09. The van der Waals surface area contributed by atoms with E-state index >= 15 is 0 Å². The number of benzene rings is 2. The highest BCUT2D eigenvalue weighted by Crippen LogP contribution is 2.33. The Hall–Kier alpha value is -1.33. The van der Waals surface area contributed by atoms with Gasteiger partial charge in [0.05, 0.1) is 6.61 Å². The maximum atomic E-state index is 10.7. The number of alkyl halides is 3. The fraction of sp³-hybridized carbons (Fsp3) is 0.429. The van der Waals surface area contributed by atoms with Gasteiger partial charge in [0.25, 0.3) is 0 Å². The van der Waals surface area contributed by atoms with Crippen molar-refractivity contribution in [2.75, 3.05) is 6.61 Å². The highest BCUT2D eigenvalue weighted by Gasteiger charge is 2.44. The minimum absolute atomic E-state index is 0.812. The lowest BCUT2D eigenvalue weighted by molar-refractivity contribution is -0.0510. The molecular formula is C21H26F3IO4S. The normalized spacial score (nSPS) is 11.5. The SMILES string of the molecule is CCCCCCCCOc1ccccc1-c1ccccc1I.O=S(=O)(O)C(F)(F)F. The van der Waals surface area contributed by atoms with E-state index in [0.717, 1.165) is 18.8 Å². The zero-order valence-corrected chi connectivity index (χ0v) is 19.6. The molecule has 1 N–H and O–H groups in total. The van der Waals surface area contributed by atoms with Crippen LogP contribution in [0.5, 0.6) is 5.75 Å². The van der Waals surface area contributed by atoms with Crippen LogP contribution < -0.4 is 4.74 Å². The van der Waals surface area contributed by atoms with Crippen molar-refractivity contribution in [1.82, 2.24) is 0 Å².